The van der Waals surface area contributed by atoms with Gasteiger partial charge < -0.3 is 0 Å². The van der Waals surface area contributed by atoms with Crippen molar-refractivity contribution in [2.45, 2.75) is 11.2 Å². The summed E-state index contributed by atoms with van der Waals surface area (Å²) in [6.45, 7) is 0. The van der Waals surface area contributed by atoms with Gasteiger partial charge in [-0.15, -0.1) is 0 Å². The number of nitrogens with zero attached hydrogens (tertiary/aromatic N) is 3. The van der Waals surface area contributed by atoms with E-state index in [0.29, 0.717) is 6.32 Å². The molecule has 1 aromatic carbocycles. The van der Waals surface area contributed by atoms with E-state index in [1.165, 1.54) is 12.1 Å². The van der Waals surface area contributed by atoms with Crippen LogP contribution in [-0.2, 0) is 16.3 Å². The summed E-state index contributed by atoms with van der Waals surface area (Å²) in [5, 5.41) is 0. The maximum Gasteiger partial charge on any atom is 0.264 e. The second-order valence-electron chi connectivity index (χ2n) is 2.49. The summed E-state index contributed by atoms with van der Waals surface area (Å²) in [5.74, 6) is 0. The second kappa shape index (κ2) is 4.17. The highest BCUT2D eigenvalue weighted by atomic mass is 32.2. The topological polar surface area (TPSA) is 82.9 Å². The molecule has 14 heavy (non-hydrogen) atoms. The summed E-state index contributed by atoms with van der Waals surface area (Å²) in [6, 6.07) is 5.85. The second-order valence-corrected chi connectivity index (χ2v) is 4.08. The smallest absolute Gasteiger partial charge is 0.216 e. The van der Waals surface area contributed by atoms with Crippen LogP contribution in [-0.4, -0.2) is 16.3 Å². The molecule has 0 aliphatic rings. The Bertz CT molecular complexity index is 462. The van der Waals surface area contributed by atoms with Crippen molar-refractivity contribution in [2.24, 2.45) is 4.52 Å². The monoisotopic (exact) mass is 207 g/mol. The van der Waals surface area contributed by atoms with Gasteiger partial charge in [0.05, 0.1) is 12.7 Å². The molecule has 0 amide bonds. The van der Waals surface area contributed by atoms with Crippen LogP contribution in [0.1, 0.15) is 5.56 Å². The van der Waals surface area contributed by atoms with Gasteiger partial charge in [0, 0.05) is 9.43 Å². The number of rotatable bonds is 3. The molecule has 0 saturated heterocycles. The molecule has 0 heterocycles. The van der Waals surface area contributed by atoms with Crippen LogP contribution < -0.4 is 0 Å². The number of sulfonamides is 1. The van der Waals surface area contributed by atoms with E-state index < -0.39 is 10.0 Å². The normalized spacial score (nSPS) is 10.6. The summed E-state index contributed by atoms with van der Waals surface area (Å²) in [5.41, 5.74) is 8.83. The largest absolute Gasteiger partial charge is 0.264 e. The van der Waals surface area contributed by atoms with Crippen LogP contribution in [0.25, 0.3) is 10.4 Å². The minimum Gasteiger partial charge on any atom is -0.216 e. The first-order valence-corrected chi connectivity index (χ1v) is 5.14. The van der Waals surface area contributed by atoms with E-state index in [2.05, 4.69) is 9.43 Å². The first-order chi connectivity index (χ1) is 6.60. The van der Waals surface area contributed by atoms with Crippen molar-refractivity contribution >= 4 is 17.9 Å². The lowest BCUT2D eigenvalue weighted by Gasteiger charge is -1.98. The molecule has 0 saturated carbocycles. The van der Waals surface area contributed by atoms with Crippen LogP contribution in [0.15, 0.2) is 33.7 Å². The molecule has 0 fully saturated rings. The summed E-state index contributed by atoms with van der Waals surface area (Å²) >= 11 is 0. The molecule has 0 atom stereocenters. The Hall–Kier alpha value is -1.46. The van der Waals surface area contributed by atoms with Gasteiger partial charge in [-0.25, -0.2) is 8.42 Å². The lowest BCUT2D eigenvalue weighted by atomic mass is 9.97. The van der Waals surface area contributed by atoms with E-state index >= 15 is 0 Å². The highest BCUT2D eigenvalue weighted by Gasteiger charge is 2.10. The predicted molar refractivity (Wildman–Crippen MR) is 52.2 cm³/mol. The average molecular weight is 207 g/mol. The Labute approximate surface area is 82.8 Å². The molecule has 2 radical (unpaired) electrons. The van der Waals surface area contributed by atoms with Crippen molar-refractivity contribution in [2.75, 3.05) is 0 Å². The zero-order chi connectivity index (χ0) is 10.6. The Balaban J connectivity index is 3.16. The maximum atomic E-state index is 11.2. The molecular weight excluding hydrogens is 201 g/mol. The molecule has 70 valence electrons. The molecule has 0 aromatic heterocycles. The van der Waals surface area contributed by atoms with Crippen LogP contribution in [0, 0.1) is 0 Å². The van der Waals surface area contributed by atoms with Gasteiger partial charge >= 0.3 is 0 Å². The fourth-order valence-electron chi connectivity index (χ4n) is 0.893. The van der Waals surface area contributed by atoms with Crippen molar-refractivity contribution in [1.82, 2.24) is 0 Å². The molecule has 0 aliphatic carbocycles. The summed E-state index contributed by atoms with van der Waals surface area (Å²) in [7, 11) is 1.47. The Kier molecular flexibility index (Phi) is 3.16. The van der Waals surface area contributed by atoms with E-state index in [0.717, 1.165) is 5.56 Å². The molecule has 0 bridgehead atoms. The lowest BCUT2D eigenvalue weighted by Crippen LogP contribution is -1.95. The van der Waals surface area contributed by atoms with Crippen molar-refractivity contribution < 1.29 is 8.42 Å². The fraction of sp³-hybridized carbons (Fsp3) is 0.143. The highest BCUT2D eigenvalue weighted by molar-refractivity contribution is 7.90. The molecule has 0 unspecified atom stereocenters. The molecule has 1 aromatic rings. The molecule has 5 nitrogen and oxygen atoms in total. The van der Waals surface area contributed by atoms with Crippen molar-refractivity contribution in [3.8, 4) is 0 Å². The minimum atomic E-state index is -3.87. The lowest BCUT2D eigenvalue weighted by molar-refractivity contribution is 0.597. The third kappa shape index (κ3) is 2.28. The van der Waals surface area contributed by atoms with Crippen LogP contribution in [0.2, 0.25) is 0 Å². The Morgan fingerprint density at radius 2 is 1.93 bits per heavy atom. The predicted octanol–water partition coefficient (Wildman–Crippen LogP) is 1.35. The van der Waals surface area contributed by atoms with Gasteiger partial charge in [-0.1, -0.05) is 24.0 Å². The standard InChI is InChI=1S/C7H6BN3O2S/c8-5-6-1-3-7(4-2-6)14(12,13)11-10-9/h1-4H,5H2. The average Bonchev–Trinajstić information content (AvgIpc) is 2.18. The molecule has 0 aliphatic heterocycles. The van der Waals surface area contributed by atoms with Crippen LogP contribution >= 0.6 is 0 Å². The number of benzene rings is 1. The summed E-state index contributed by atoms with van der Waals surface area (Å²) in [6.07, 6.45) is 0.335. The van der Waals surface area contributed by atoms with E-state index in [1.54, 1.807) is 12.1 Å². The Morgan fingerprint density at radius 1 is 1.36 bits per heavy atom. The van der Waals surface area contributed by atoms with Crippen molar-refractivity contribution in [1.29, 1.82) is 0 Å². The van der Waals surface area contributed by atoms with Gasteiger partial charge in [0.25, 0.3) is 10.0 Å². The SMILES string of the molecule is [B]Cc1ccc(S(=O)(=O)N=[N+]=[N-])cc1. The number of azide groups is 1. The minimum absolute atomic E-state index is 0.0347. The third-order valence-corrected chi connectivity index (χ3v) is 2.76. The van der Waals surface area contributed by atoms with E-state index in [1.807, 2.05) is 0 Å². The molecule has 0 spiro atoms. The first-order valence-electron chi connectivity index (χ1n) is 3.70. The van der Waals surface area contributed by atoms with Gasteiger partial charge in [0.1, 0.15) is 0 Å². The fourth-order valence-corrected chi connectivity index (χ4v) is 1.56. The number of hydrogen-bond acceptors (Lipinski definition) is 2. The highest BCUT2D eigenvalue weighted by Crippen LogP contribution is 2.13. The molecule has 1 rings (SSSR count). The molecule has 0 N–H and O–H groups in total. The van der Waals surface area contributed by atoms with Gasteiger partial charge in [-0.2, -0.15) is 0 Å². The van der Waals surface area contributed by atoms with E-state index in [9.17, 15) is 8.42 Å². The third-order valence-electron chi connectivity index (χ3n) is 1.60. The van der Waals surface area contributed by atoms with Gasteiger partial charge in [-0.3, -0.25) is 0 Å². The summed E-state index contributed by atoms with van der Waals surface area (Å²) in [4.78, 5) is 2.20. The number of hydrogen-bond donors (Lipinski definition) is 0. The maximum absolute atomic E-state index is 11.2. The van der Waals surface area contributed by atoms with Crippen molar-refractivity contribution in [3.05, 3.63) is 40.3 Å². The zero-order valence-electron chi connectivity index (χ0n) is 7.16. The summed E-state index contributed by atoms with van der Waals surface area (Å²) < 4.78 is 25.1. The zero-order valence-corrected chi connectivity index (χ0v) is 7.98. The van der Waals surface area contributed by atoms with Gasteiger partial charge in [0.15, 0.2) is 0 Å². The van der Waals surface area contributed by atoms with Gasteiger partial charge in [-0.05, 0) is 17.7 Å². The first kappa shape index (κ1) is 10.6. The van der Waals surface area contributed by atoms with Crippen LogP contribution in [0.4, 0.5) is 0 Å². The quantitative estimate of drug-likeness (QED) is 0.324. The van der Waals surface area contributed by atoms with Crippen LogP contribution in [0.3, 0.4) is 0 Å². The van der Waals surface area contributed by atoms with E-state index in [4.69, 9.17) is 13.4 Å². The van der Waals surface area contributed by atoms with E-state index in [-0.39, 0.29) is 4.90 Å². The Morgan fingerprint density at radius 3 is 2.36 bits per heavy atom. The van der Waals surface area contributed by atoms with Crippen molar-refractivity contribution in [3.63, 3.8) is 0 Å². The molecular formula is C7H6BN3O2S. The molecule has 7 heteroatoms. The van der Waals surface area contributed by atoms with Crippen LogP contribution in [0.5, 0.6) is 0 Å². The van der Waals surface area contributed by atoms with Gasteiger partial charge in [0.2, 0.25) is 0 Å².